The van der Waals surface area contributed by atoms with Crippen molar-refractivity contribution in [3.05, 3.63) is 47.0 Å². The molecule has 6 heteroatoms. The number of ether oxygens (including phenoxy) is 1. The fourth-order valence-electron chi connectivity index (χ4n) is 4.24. The van der Waals surface area contributed by atoms with E-state index in [1.165, 1.54) is 16.7 Å². The van der Waals surface area contributed by atoms with Gasteiger partial charge in [-0.3, -0.25) is 4.55 Å². The zero-order valence-corrected chi connectivity index (χ0v) is 19.1. The van der Waals surface area contributed by atoms with Gasteiger partial charge in [0.25, 0.3) is 10.1 Å². The number of fused-ring (bicyclic) bond motifs is 2. The number of nitrogens with zero attached hydrogens (tertiary/aromatic N) is 1. The molecule has 0 bridgehead atoms. The minimum Gasteiger partial charge on any atom is -0.453 e. The molecule has 2 aromatic carbocycles. The van der Waals surface area contributed by atoms with Crippen molar-refractivity contribution in [2.45, 2.75) is 65.7 Å². The molecule has 164 valence electrons. The molecule has 0 saturated heterocycles. The third-order valence-corrected chi connectivity index (χ3v) is 6.23. The highest BCUT2D eigenvalue weighted by Crippen LogP contribution is 2.50. The van der Waals surface area contributed by atoms with E-state index in [2.05, 4.69) is 43.9 Å². The molecule has 2 aromatic rings. The summed E-state index contributed by atoms with van der Waals surface area (Å²) in [6.07, 6.45) is 6.31. The van der Waals surface area contributed by atoms with Gasteiger partial charge >= 0.3 is 0 Å². The molecule has 3 rings (SSSR count). The Morgan fingerprint density at radius 2 is 1.67 bits per heavy atom. The topological polar surface area (TPSA) is 66.8 Å². The summed E-state index contributed by atoms with van der Waals surface area (Å²) in [5.74, 6) is 1.47. The Kier molecular flexibility index (Phi) is 7.42. The van der Waals surface area contributed by atoms with E-state index in [4.69, 9.17) is 4.74 Å². The fourth-order valence-corrected chi connectivity index (χ4v) is 4.74. The van der Waals surface area contributed by atoms with Crippen LogP contribution in [0.25, 0.3) is 0 Å². The summed E-state index contributed by atoms with van der Waals surface area (Å²) >= 11 is 0. The van der Waals surface area contributed by atoms with Crippen LogP contribution >= 0.6 is 0 Å². The molecule has 5 nitrogen and oxygen atoms in total. The zero-order chi connectivity index (χ0) is 21.7. The predicted molar refractivity (Wildman–Crippen MR) is 123 cm³/mol. The van der Waals surface area contributed by atoms with Gasteiger partial charge in [-0.05, 0) is 54.5 Å². The van der Waals surface area contributed by atoms with Crippen LogP contribution in [0, 0.1) is 0 Å². The average Bonchev–Trinajstić information content (AvgIpc) is 2.68. The Morgan fingerprint density at radius 1 is 0.967 bits per heavy atom. The van der Waals surface area contributed by atoms with E-state index in [-0.39, 0.29) is 5.75 Å². The van der Waals surface area contributed by atoms with Crippen LogP contribution in [0.3, 0.4) is 0 Å². The number of rotatable bonds is 10. The number of hydrogen-bond donors (Lipinski definition) is 1. The summed E-state index contributed by atoms with van der Waals surface area (Å²) < 4.78 is 38.3. The normalized spacial score (nSPS) is 13.0. The Bertz CT molecular complexity index is 985. The van der Waals surface area contributed by atoms with Crippen LogP contribution in [0.1, 0.15) is 63.1 Å². The van der Waals surface area contributed by atoms with Gasteiger partial charge in [-0.1, -0.05) is 58.2 Å². The first-order valence-electron chi connectivity index (χ1n) is 11.1. The van der Waals surface area contributed by atoms with Crippen molar-refractivity contribution in [1.29, 1.82) is 0 Å². The van der Waals surface area contributed by atoms with Gasteiger partial charge in [-0.2, -0.15) is 8.42 Å². The molecule has 0 aliphatic carbocycles. The standard InChI is InChI=1S/C24H33NO4S/c1-4-9-18-16-20(11-6-3)23-22(17-18)29-24-19(10-5-2)12-7-13-21(24)25(23)14-8-15-30(26,27)28/h7,12-13,16-17H,4-6,8-11,14-15H2,1-3H3,(H,26,27,28). The first-order chi connectivity index (χ1) is 14.4. The van der Waals surface area contributed by atoms with Crippen LogP contribution < -0.4 is 9.64 Å². The van der Waals surface area contributed by atoms with Crippen LogP contribution in [0.5, 0.6) is 11.5 Å². The molecule has 0 aromatic heterocycles. The van der Waals surface area contributed by atoms with Gasteiger partial charge in [0, 0.05) is 6.54 Å². The van der Waals surface area contributed by atoms with E-state index in [9.17, 15) is 13.0 Å². The zero-order valence-electron chi connectivity index (χ0n) is 18.3. The SMILES string of the molecule is CCCc1cc(CCC)c2c(c1)Oc1c(CCC)cccc1N2CCCS(=O)(=O)O. The molecule has 0 atom stereocenters. The smallest absolute Gasteiger partial charge is 0.264 e. The molecule has 0 radical (unpaired) electrons. The summed E-state index contributed by atoms with van der Waals surface area (Å²) in [7, 11) is -3.99. The molecule has 1 aliphatic rings. The van der Waals surface area contributed by atoms with E-state index in [1.807, 2.05) is 12.1 Å². The molecule has 0 amide bonds. The minimum absolute atomic E-state index is 0.249. The second-order valence-corrected chi connectivity index (χ2v) is 9.58. The van der Waals surface area contributed by atoms with Crippen molar-refractivity contribution in [2.24, 2.45) is 0 Å². The molecule has 30 heavy (non-hydrogen) atoms. The van der Waals surface area contributed by atoms with Gasteiger partial charge in [-0.15, -0.1) is 0 Å². The molecule has 0 spiro atoms. The van der Waals surface area contributed by atoms with Crippen LogP contribution in [0.4, 0.5) is 11.4 Å². The van der Waals surface area contributed by atoms with Crippen LogP contribution in [-0.4, -0.2) is 25.3 Å². The van der Waals surface area contributed by atoms with Crippen molar-refractivity contribution < 1.29 is 17.7 Å². The first-order valence-corrected chi connectivity index (χ1v) is 12.7. The highest BCUT2D eigenvalue weighted by molar-refractivity contribution is 7.85. The second kappa shape index (κ2) is 9.84. The highest BCUT2D eigenvalue weighted by atomic mass is 32.2. The summed E-state index contributed by atoms with van der Waals surface area (Å²) in [5.41, 5.74) is 5.68. The van der Waals surface area contributed by atoms with E-state index < -0.39 is 10.1 Å². The van der Waals surface area contributed by atoms with Crippen molar-refractivity contribution in [2.75, 3.05) is 17.2 Å². The number of aryl methyl sites for hydroxylation is 3. The second-order valence-electron chi connectivity index (χ2n) is 8.01. The van der Waals surface area contributed by atoms with Crippen molar-refractivity contribution in [1.82, 2.24) is 0 Å². The van der Waals surface area contributed by atoms with Gasteiger partial charge < -0.3 is 9.64 Å². The Balaban J connectivity index is 2.11. The lowest BCUT2D eigenvalue weighted by Crippen LogP contribution is -2.26. The summed E-state index contributed by atoms with van der Waals surface area (Å²) in [6, 6.07) is 10.6. The van der Waals surface area contributed by atoms with Gasteiger partial charge in [0.05, 0.1) is 17.1 Å². The van der Waals surface area contributed by atoms with Gasteiger partial charge in [0.1, 0.15) is 0 Å². The minimum atomic E-state index is -3.99. The molecule has 0 saturated carbocycles. The van der Waals surface area contributed by atoms with Crippen molar-refractivity contribution in [3.63, 3.8) is 0 Å². The Hall–Kier alpha value is -2.05. The molecular formula is C24H33NO4S. The predicted octanol–water partition coefficient (Wildman–Crippen LogP) is 6.07. The lowest BCUT2D eigenvalue weighted by atomic mass is 9.97. The Morgan fingerprint density at radius 3 is 2.33 bits per heavy atom. The largest absolute Gasteiger partial charge is 0.453 e. The third-order valence-electron chi connectivity index (χ3n) is 5.42. The fraction of sp³-hybridized carbons (Fsp3) is 0.500. The number of anilines is 2. The van der Waals surface area contributed by atoms with E-state index >= 15 is 0 Å². The lowest BCUT2D eigenvalue weighted by Gasteiger charge is -2.36. The summed E-state index contributed by atoms with van der Waals surface area (Å²) in [4.78, 5) is 2.19. The maximum absolute atomic E-state index is 11.3. The summed E-state index contributed by atoms with van der Waals surface area (Å²) in [5, 5.41) is 0. The maximum Gasteiger partial charge on any atom is 0.264 e. The number of para-hydroxylation sites is 1. The van der Waals surface area contributed by atoms with E-state index in [0.29, 0.717) is 13.0 Å². The molecule has 1 heterocycles. The van der Waals surface area contributed by atoms with Gasteiger partial charge in [0.2, 0.25) is 0 Å². The quantitative estimate of drug-likeness (QED) is 0.463. The average molecular weight is 432 g/mol. The van der Waals surface area contributed by atoms with Crippen LogP contribution in [0.15, 0.2) is 30.3 Å². The van der Waals surface area contributed by atoms with Crippen LogP contribution in [-0.2, 0) is 29.4 Å². The monoisotopic (exact) mass is 431 g/mol. The maximum atomic E-state index is 11.3. The van der Waals surface area contributed by atoms with Gasteiger partial charge in [0.15, 0.2) is 11.5 Å². The molecule has 0 unspecified atom stereocenters. The summed E-state index contributed by atoms with van der Waals surface area (Å²) in [6.45, 7) is 7.00. The molecule has 1 N–H and O–H groups in total. The molecular weight excluding hydrogens is 398 g/mol. The number of benzene rings is 2. The van der Waals surface area contributed by atoms with Crippen molar-refractivity contribution in [3.8, 4) is 11.5 Å². The Labute approximate surface area is 180 Å². The first kappa shape index (κ1) is 22.6. The number of hydrogen-bond acceptors (Lipinski definition) is 4. The van der Waals surface area contributed by atoms with E-state index in [0.717, 1.165) is 61.4 Å². The lowest BCUT2D eigenvalue weighted by molar-refractivity contribution is 0.463. The van der Waals surface area contributed by atoms with Crippen LogP contribution in [0.2, 0.25) is 0 Å². The van der Waals surface area contributed by atoms with Gasteiger partial charge in [-0.25, -0.2) is 0 Å². The van der Waals surface area contributed by atoms with E-state index in [1.54, 1.807) is 0 Å². The molecule has 0 fully saturated rings. The third kappa shape index (κ3) is 5.16. The van der Waals surface area contributed by atoms with Crippen molar-refractivity contribution >= 4 is 21.5 Å². The highest BCUT2D eigenvalue weighted by Gasteiger charge is 2.29. The molecule has 1 aliphatic heterocycles.